The maximum absolute atomic E-state index is 6.48. The van der Waals surface area contributed by atoms with Gasteiger partial charge in [-0.2, -0.15) is 0 Å². The Hall–Kier alpha value is -1.70. The van der Waals surface area contributed by atoms with E-state index in [0.29, 0.717) is 0 Å². The van der Waals surface area contributed by atoms with Gasteiger partial charge in [0.1, 0.15) is 0 Å². The molecular weight excluding hydrogens is 284 g/mol. The summed E-state index contributed by atoms with van der Waals surface area (Å²) in [6, 6.07) is 24.7. The van der Waals surface area contributed by atoms with E-state index in [0.717, 1.165) is 10.6 Å². The van der Waals surface area contributed by atoms with Gasteiger partial charge in [-0.1, -0.05) is 84.0 Å². The van der Waals surface area contributed by atoms with E-state index in [-0.39, 0.29) is 0 Å². The van der Waals surface area contributed by atoms with E-state index >= 15 is 0 Å². The Morgan fingerprint density at radius 1 is 0.800 bits per heavy atom. The summed E-state index contributed by atoms with van der Waals surface area (Å²) in [5, 5.41) is 5.17. The summed E-state index contributed by atoms with van der Waals surface area (Å²) in [5.41, 5.74) is 1.08. The number of hydrogen-bond donors (Lipinski definition) is 0. The summed E-state index contributed by atoms with van der Waals surface area (Å²) in [7, 11) is 0. The van der Waals surface area contributed by atoms with Crippen molar-refractivity contribution in [3.8, 4) is 0 Å². The Morgan fingerprint density at radius 2 is 1.50 bits per heavy atom. The number of benzene rings is 3. The molecule has 0 saturated carbocycles. The molecule has 3 aromatic carbocycles. The maximum atomic E-state index is 6.48. The fourth-order valence-electron chi connectivity index (χ4n) is 2.12. The van der Waals surface area contributed by atoms with Gasteiger partial charge in [-0.15, -0.1) is 0 Å². The van der Waals surface area contributed by atoms with Crippen LogP contribution in [0.15, 0.2) is 83.1 Å². The van der Waals surface area contributed by atoms with Crippen molar-refractivity contribution in [2.24, 2.45) is 0 Å². The SMILES string of the molecule is Cl/C(=C/Sc1ccccc1)c1cccc2ccccc12. The summed E-state index contributed by atoms with van der Waals surface area (Å²) < 4.78 is 0. The van der Waals surface area contributed by atoms with Crippen molar-refractivity contribution < 1.29 is 0 Å². The second kappa shape index (κ2) is 6.17. The van der Waals surface area contributed by atoms with Crippen LogP contribution in [0.2, 0.25) is 0 Å². The fraction of sp³-hybridized carbons (Fsp3) is 0. The van der Waals surface area contributed by atoms with Crippen LogP contribution in [0.3, 0.4) is 0 Å². The Morgan fingerprint density at radius 3 is 2.35 bits per heavy atom. The van der Waals surface area contributed by atoms with Crippen LogP contribution in [0, 0.1) is 0 Å². The van der Waals surface area contributed by atoms with Gasteiger partial charge in [-0.3, -0.25) is 0 Å². The van der Waals surface area contributed by atoms with Crippen molar-refractivity contribution in [2.45, 2.75) is 4.90 Å². The maximum Gasteiger partial charge on any atom is 0.0551 e. The molecule has 0 bridgehead atoms. The number of fused-ring (bicyclic) bond motifs is 1. The zero-order valence-corrected chi connectivity index (χ0v) is 12.4. The van der Waals surface area contributed by atoms with Gasteiger partial charge in [0, 0.05) is 10.5 Å². The summed E-state index contributed by atoms with van der Waals surface area (Å²) in [6.07, 6.45) is 0. The van der Waals surface area contributed by atoms with E-state index < -0.39 is 0 Å². The molecule has 0 N–H and O–H groups in total. The first-order valence-electron chi connectivity index (χ1n) is 6.40. The minimum Gasteiger partial charge on any atom is -0.0965 e. The molecule has 0 aliphatic rings. The quantitative estimate of drug-likeness (QED) is 0.521. The molecule has 0 unspecified atom stereocenters. The summed E-state index contributed by atoms with van der Waals surface area (Å²) >= 11 is 8.11. The molecule has 0 amide bonds. The number of hydrogen-bond acceptors (Lipinski definition) is 1. The van der Waals surface area contributed by atoms with Gasteiger partial charge in [0.15, 0.2) is 0 Å². The molecule has 20 heavy (non-hydrogen) atoms. The smallest absolute Gasteiger partial charge is 0.0551 e. The van der Waals surface area contributed by atoms with Gasteiger partial charge in [0.2, 0.25) is 0 Å². The van der Waals surface area contributed by atoms with Crippen LogP contribution < -0.4 is 0 Å². The number of halogens is 1. The van der Waals surface area contributed by atoms with Gasteiger partial charge < -0.3 is 0 Å². The molecule has 0 radical (unpaired) electrons. The first-order valence-corrected chi connectivity index (χ1v) is 7.66. The molecule has 0 atom stereocenters. The van der Waals surface area contributed by atoms with Crippen LogP contribution in [0.4, 0.5) is 0 Å². The van der Waals surface area contributed by atoms with Crippen LogP contribution in [-0.4, -0.2) is 0 Å². The molecule has 0 nitrogen and oxygen atoms in total. The van der Waals surface area contributed by atoms with Crippen molar-refractivity contribution in [2.75, 3.05) is 0 Å². The highest BCUT2D eigenvalue weighted by molar-refractivity contribution is 8.02. The topological polar surface area (TPSA) is 0 Å². The molecule has 0 saturated heterocycles. The Balaban J connectivity index is 1.94. The van der Waals surface area contributed by atoms with Crippen molar-refractivity contribution >= 4 is 39.2 Å². The molecular formula is C18H13ClS. The third kappa shape index (κ3) is 2.90. The van der Waals surface area contributed by atoms with Gasteiger partial charge in [0.05, 0.1) is 5.03 Å². The average Bonchev–Trinajstić information content (AvgIpc) is 2.53. The molecule has 0 aliphatic carbocycles. The fourth-order valence-corrected chi connectivity index (χ4v) is 3.10. The van der Waals surface area contributed by atoms with Crippen LogP contribution in [0.5, 0.6) is 0 Å². The third-order valence-electron chi connectivity index (χ3n) is 3.09. The van der Waals surface area contributed by atoms with Crippen molar-refractivity contribution in [3.05, 3.63) is 83.8 Å². The van der Waals surface area contributed by atoms with Crippen LogP contribution in [0.25, 0.3) is 15.8 Å². The molecule has 3 aromatic rings. The lowest BCUT2D eigenvalue weighted by molar-refractivity contribution is 1.47. The van der Waals surface area contributed by atoms with E-state index in [4.69, 9.17) is 11.6 Å². The molecule has 0 fully saturated rings. The molecule has 3 rings (SSSR count). The lowest BCUT2D eigenvalue weighted by atomic mass is 10.0. The average molecular weight is 297 g/mol. The van der Waals surface area contributed by atoms with Crippen molar-refractivity contribution in [3.63, 3.8) is 0 Å². The second-order valence-corrected chi connectivity index (χ2v) is 5.77. The monoisotopic (exact) mass is 296 g/mol. The van der Waals surface area contributed by atoms with E-state index in [1.54, 1.807) is 11.8 Å². The molecule has 0 aromatic heterocycles. The molecule has 2 heteroatoms. The number of rotatable bonds is 3. The normalized spacial score (nSPS) is 11.8. The molecule has 0 spiro atoms. The van der Waals surface area contributed by atoms with Gasteiger partial charge in [-0.05, 0) is 28.3 Å². The van der Waals surface area contributed by atoms with Crippen LogP contribution >= 0.6 is 23.4 Å². The van der Waals surface area contributed by atoms with Crippen molar-refractivity contribution in [1.29, 1.82) is 0 Å². The zero-order valence-electron chi connectivity index (χ0n) is 10.8. The predicted molar refractivity (Wildman–Crippen MR) is 90.1 cm³/mol. The minimum atomic E-state index is 0.774. The lowest BCUT2D eigenvalue weighted by Crippen LogP contribution is -1.80. The van der Waals surface area contributed by atoms with Crippen LogP contribution in [-0.2, 0) is 0 Å². The van der Waals surface area contributed by atoms with Crippen molar-refractivity contribution in [1.82, 2.24) is 0 Å². The number of thioether (sulfide) groups is 1. The van der Waals surface area contributed by atoms with E-state index in [9.17, 15) is 0 Å². The van der Waals surface area contributed by atoms with E-state index in [1.165, 1.54) is 15.7 Å². The Kier molecular flexibility index (Phi) is 4.10. The van der Waals surface area contributed by atoms with Gasteiger partial charge in [0.25, 0.3) is 0 Å². The highest BCUT2D eigenvalue weighted by Crippen LogP contribution is 2.31. The highest BCUT2D eigenvalue weighted by atomic mass is 35.5. The summed E-state index contributed by atoms with van der Waals surface area (Å²) in [5.74, 6) is 0. The van der Waals surface area contributed by atoms with Crippen LogP contribution in [0.1, 0.15) is 5.56 Å². The van der Waals surface area contributed by atoms with E-state index in [1.807, 2.05) is 41.8 Å². The first kappa shape index (κ1) is 13.3. The third-order valence-corrected chi connectivity index (χ3v) is 4.43. The summed E-state index contributed by atoms with van der Waals surface area (Å²) in [6.45, 7) is 0. The molecule has 0 aliphatic heterocycles. The Labute approximate surface area is 128 Å². The highest BCUT2D eigenvalue weighted by Gasteiger charge is 2.03. The largest absolute Gasteiger partial charge is 0.0965 e. The summed E-state index contributed by atoms with van der Waals surface area (Å²) in [4.78, 5) is 1.19. The first-order chi connectivity index (χ1) is 9.84. The van der Waals surface area contributed by atoms with E-state index in [2.05, 4.69) is 36.4 Å². The minimum absolute atomic E-state index is 0.774. The zero-order chi connectivity index (χ0) is 13.8. The lowest BCUT2D eigenvalue weighted by Gasteiger charge is -2.05. The Bertz CT molecular complexity index is 742. The molecule has 98 valence electrons. The van der Waals surface area contributed by atoms with Gasteiger partial charge >= 0.3 is 0 Å². The predicted octanol–water partition coefficient (Wildman–Crippen LogP) is 6.17. The van der Waals surface area contributed by atoms with Gasteiger partial charge in [-0.25, -0.2) is 0 Å². The molecule has 0 heterocycles. The second-order valence-electron chi connectivity index (χ2n) is 4.42. The standard InChI is InChI=1S/C18H13ClS/c19-18(13-20-15-9-2-1-3-10-15)17-12-6-8-14-7-4-5-11-16(14)17/h1-13H/b18-13+.